The maximum Gasteiger partial charge on any atom is 0.335 e. The normalized spacial score (nSPS) is 16.0. The van der Waals surface area contributed by atoms with Crippen molar-refractivity contribution in [2.45, 2.75) is 25.8 Å². The summed E-state index contributed by atoms with van der Waals surface area (Å²) >= 11 is 0. The van der Waals surface area contributed by atoms with Crippen LogP contribution >= 0.6 is 0 Å². The van der Waals surface area contributed by atoms with Crippen molar-refractivity contribution >= 4 is 29.7 Å². The van der Waals surface area contributed by atoms with Crippen molar-refractivity contribution in [3.05, 3.63) is 12.7 Å². The molecule has 1 aliphatic rings. The number of carboxylic acids is 1. The third kappa shape index (κ3) is 3.68. The number of carboxylic acid groups (broad SMARTS) is 1. The lowest BCUT2D eigenvalue weighted by Crippen LogP contribution is -2.47. The van der Waals surface area contributed by atoms with Crippen LogP contribution in [0.15, 0.2) is 12.7 Å². The van der Waals surface area contributed by atoms with Crippen LogP contribution in [0.3, 0.4) is 0 Å². The Morgan fingerprint density at radius 3 is 2.36 bits per heavy atom. The average molecular weight is 311 g/mol. The smallest absolute Gasteiger partial charge is 0.335 e. The molecule has 1 rings (SSSR count). The number of hydrogen-bond donors (Lipinski definition) is 2. The van der Waals surface area contributed by atoms with E-state index in [1.165, 1.54) is 6.08 Å². The second-order valence-corrected chi connectivity index (χ2v) is 4.63. The Bertz CT molecular complexity index is 530. The minimum Gasteiger partial charge on any atom is -0.480 e. The molecule has 0 aromatic carbocycles. The molecule has 0 aliphatic carbocycles. The maximum absolute atomic E-state index is 11.9. The Labute approximate surface area is 126 Å². The topological polar surface area (TPSA) is 124 Å². The van der Waals surface area contributed by atoms with Crippen LogP contribution in [0.5, 0.6) is 0 Å². The van der Waals surface area contributed by atoms with E-state index in [4.69, 9.17) is 5.11 Å². The quantitative estimate of drug-likeness (QED) is 0.348. The minimum atomic E-state index is -1.21. The average Bonchev–Trinajstić information content (AvgIpc) is 2.65. The Kier molecular flexibility index (Phi) is 5.79. The zero-order valence-corrected chi connectivity index (χ0v) is 12.1. The Morgan fingerprint density at radius 1 is 1.27 bits per heavy atom. The van der Waals surface area contributed by atoms with E-state index >= 15 is 0 Å². The summed E-state index contributed by atoms with van der Waals surface area (Å²) in [4.78, 5) is 59.0. The SMILES string of the molecule is C=CCN1C(=O)C(=O)N(CC(=O)NC(CCC)C(=O)O)C1=O. The molecule has 120 valence electrons. The van der Waals surface area contributed by atoms with Crippen LogP contribution in [0.25, 0.3) is 0 Å². The molecule has 5 amide bonds. The first-order valence-corrected chi connectivity index (χ1v) is 6.63. The molecule has 1 fully saturated rings. The van der Waals surface area contributed by atoms with Crippen LogP contribution in [0, 0.1) is 0 Å². The molecule has 1 unspecified atom stereocenters. The summed E-state index contributed by atoms with van der Waals surface area (Å²) in [7, 11) is 0. The summed E-state index contributed by atoms with van der Waals surface area (Å²) in [6, 6.07) is -2.03. The predicted molar refractivity (Wildman–Crippen MR) is 73.5 cm³/mol. The molecule has 1 saturated heterocycles. The lowest BCUT2D eigenvalue weighted by Gasteiger charge is -2.17. The second-order valence-electron chi connectivity index (χ2n) is 4.63. The van der Waals surface area contributed by atoms with Crippen LogP contribution in [0.1, 0.15) is 19.8 Å². The first-order valence-electron chi connectivity index (χ1n) is 6.63. The molecule has 22 heavy (non-hydrogen) atoms. The summed E-state index contributed by atoms with van der Waals surface area (Å²) in [5.41, 5.74) is 0. The Morgan fingerprint density at radius 2 is 1.86 bits per heavy atom. The van der Waals surface area contributed by atoms with Crippen molar-refractivity contribution in [2.24, 2.45) is 0 Å². The molecule has 0 bridgehead atoms. The number of aliphatic carboxylic acids is 1. The highest BCUT2D eigenvalue weighted by molar-refractivity contribution is 6.45. The van der Waals surface area contributed by atoms with Crippen LogP contribution < -0.4 is 5.32 Å². The zero-order chi connectivity index (χ0) is 16.9. The number of rotatable bonds is 8. The molecule has 0 aromatic heterocycles. The molecular weight excluding hydrogens is 294 g/mol. The van der Waals surface area contributed by atoms with Gasteiger partial charge in [0.1, 0.15) is 12.6 Å². The lowest BCUT2D eigenvalue weighted by atomic mass is 10.1. The highest BCUT2D eigenvalue weighted by Gasteiger charge is 2.44. The fourth-order valence-corrected chi connectivity index (χ4v) is 1.91. The minimum absolute atomic E-state index is 0.144. The van der Waals surface area contributed by atoms with E-state index in [0.29, 0.717) is 16.2 Å². The molecule has 1 atom stereocenters. The summed E-state index contributed by atoms with van der Waals surface area (Å²) in [6.07, 6.45) is 2.02. The summed E-state index contributed by atoms with van der Waals surface area (Å²) in [6.45, 7) is 4.27. The van der Waals surface area contributed by atoms with Crippen LogP contribution in [-0.2, 0) is 19.2 Å². The van der Waals surface area contributed by atoms with Gasteiger partial charge in [0.05, 0.1) is 0 Å². The lowest BCUT2D eigenvalue weighted by molar-refractivity contribution is -0.144. The molecule has 1 heterocycles. The molecule has 9 heteroatoms. The molecule has 0 aromatic rings. The highest BCUT2D eigenvalue weighted by atomic mass is 16.4. The van der Waals surface area contributed by atoms with Gasteiger partial charge in [-0.2, -0.15) is 0 Å². The fraction of sp³-hybridized carbons (Fsp3) is 0.462. The number of nitrogens with zero attached hydrogens (tertiary/aromatic N) is 2. The van der Waals surface area contributed by atoms with Crippen molar-refractivity contribution in [3.8, 4) is 0 Å². The van der Waals surface area contributed by atoms with E-state index in [2.05, 4.69) is 11.9 Å². The van der Waals surface area contributed by atoms with Crippen molar-refractivity contribution in [2.75, 3.05) is 13.1 Å². The zero-order valence-electron chi connectivity index (χ0n) is 12.1. The van der Waals surface area contributed by atoms with Crippen molar-refractivity contribution < 1.29 is 29.1 Å². The monoisotopic (exact) mass is 311 g/mol. The van der Waals surface area contributed by atoms with Gasteiger partial charge in [-0.25, -0.2) is 14.5 Å². The van der Waals surface area contributed by atoms with Gasteiger partial charge < -0.3 is 10.4 Å². The van der Waals surface area contributed by atoms with Gasteiger partial charge in [0, 0.05) is 6.54 Å². The van der Waals surface area contributed by atoms with Gasteiger partial charge in [0.15, 0.2) is 0 Å². The molecule has 2 N–H and O–H groups in total. The third-order valence-corrected chi connectivity index (χ3v) is 2.96. The fourth-order valence-electron chi connectivity index (χ4n) is 1.91. The van der Waals surface area contributed by atoms with Gasteiger partial charge in [-0.05, 0) is 6.42 Å². The number of imide groups is 2. The molecule has 0 saturated carbocycles. The van der Waals surface area contributed by atoms with Gasteiger partial charge in [0.25, 0.3) is 0 Å². The number of carbonyl (C=O) groups is 5. The molecule has 0 spiro atoms. The largest absolute Gasteiger partial charge is 0.480 e. The van der Waals surface area contributed by atoms with E-state index in [1.54, 1.807) is 6.92 Å². The number of carbonyl (C=O) groups excluding carboxylic acids is 4. The molecule has 1 aliphatic heterocycles. The van der Waals surface area contributed by atoms with Crippen LogP contribution in [0.2, 0.25) is 0 Å². The van der Waals surface area contributed by atoms with Crippen LogP contribution in [-0.4, -0.2) is 63.8 Å². The van der Waals surface area contributed by atoms with Gasteiger partial charge >= 0.3 is 23.8 Å². The summed E-state index contributed by atoms with van der Waals surface area (Å²) < 4.78 is 0. The maximum atomic E-state index is 11.9. The van der Waals surface area contributed by atoms with Gasteiger partial charge in [-0.1, -0.05) is 19.4 Å². The third-order valence-electron chi connectivity index (χ3n) is 2.96. The molecular formula is C13H17N3O6. The molecule has 9 nitrogen and oxygen atoms in total. The number of urea groups is 1. The van der Waals surface area contributed by atoms with E-state index < -0.39 is 42.3 Å². The van der Waals surface area contributed by atoms with E-state index in [1.807, 2.05) is 0 Å². The van der Waals surface area contributed by atoms with Gasteiger partial charge in [0.2, 0.25) is 5.91 Å². The Balaban J connectivity index is 2.73. The number of amides is 5. The first-order chi connectivity index (χ1) is 10.3. The standard InChI is InChI=1S/C13H17N3O6/c1-3-5-8(12(20)21)14-9(17)7-16-11(19)10(18)15(6-4-2)13(16)22/h4,8H,2-3,5-7H2,1H3,(H,14,17)(H,20,21). The predicted octanol–water partition coefficient (Wildman–Crippen LogP) is -0.667. The van der Waals surface area contributed by atoms with Crippen LogP contribution in [0.4, 0.5) is 4.79 Å². The highest BCUT2D eigenvalue weighted by Crippen LogP contribution is 2.11. The number of hydrogen-bond acceptors (Lipinski definition) is 5. The van der Waals surface area contributed by atoms with Crippen molar-refractivity contribution in [3.63, 3.8) is 0 Å². The van der Waals surface area contributed by atoms with Gasteiger partial charge in [-0.3, -0.25) is 19.3 Å². The van der Waals surface area contributed by atoms with E-state index in [9.17, 15) is 24.0 Å². The number of nitrogens with one attached hydrogen (secondary N) is 1. The first kappa shape index (κ1) is 17.3. The van der Waals surface area contributed by atoms with Crippen molar-refractivity contribution in [1.29, 1.82) is 0 Å². The Hall–Kier alpha value is -2.71. The van der Waals surface area contributed by atoms with Gasteiger partial charge in [-0.15, -0.1) is 6.58 Å². The summed E-state index contributed by atoms with van der Waals surface area (Å²) in [5, 5.41) is 11.1. The molecule has 0 radical (unpaired) electrons. The second kappa shape index (κ2) is 7.34. The van der Waals surface area contributed by atoms with E-state index in [-0.39, 0.29) is 13.0 Å². The van der Waals surface area contributed by atoms with Crippen molar-refractivity contribution in [1.82, 2.24) is 15.1 Å². The summed E-state index contributed by atoms with van der Waals surface area (Å²) in [5.74, 6) is -4.19. The van der Waals surface area contributed by atoms with E-state index in [0.717, 1.165) is 0 Å².